The molecule has 21 heavy (non-hydrogen) atoms. The molecule has 1 atom stereocenters. The third-order valence-electron chi connectivity index (χ3n) is 3.89. The van der Waals surface area contributed by atoms with Gasteiger partial charge in [-0.25, -0.2) is 4.72 Å². The minimum atomic E-state index is -3.35. The van der Waals surface area contributed by atoms with Crippen molar-refractivity contribution in [2.75, 3.05) is 26.4 Å². The molecule has 7 heteroatoms. The van der Waals surface area contributed by atoms with Crippen LogP contribution >= 0.6 is 0 Å². The van der Waals surface area contributed by atoms with E-state index in [0.717, 1.165) is 29.9 Å². The van der Waals surface area contributed by atoms with Gasteiger partial charge in [0.15, 0.2) is 11.5 Å². The normalized spacial score (nSPS) is 21.9. The van der Waals surface area contributed by atoms with Crippen LogP contribution in [0.1, 0.15) is 31.2 Å². The molecular formula is C14H20N2O4S. The number of rotatable bonds is 5. The second-order valence-corrected chi connectivity index (χ2v) is 7.11. The number of fused-ring (bicyclic) bond motifs is 1. The van der Waals surface area contributed by atoms with Gasteiger partial charge in [0.2, 0.25) is 6.79 Å². The van der Waals surface area contributed by atoms with Crippen LogP contribution in [0, 0.1) is 0 Å². The van der Waals surface area contributed by atoms with E-state index in [4.69, 9.17) is 9.47 Å². The lowest BCUT2D eigenvalue weighted by atomic mass is 9.98. The number of hydrogen-bond acceptors (Lipinski definition) is 4. The summed E-state index contributed by atoms with van der Waals surface area (Å²) in [6, 6.07) is 5.85. The Bertz CT molecular complexity index is 617. The van der Waals surface area contributed by atoms with Crippen LogP contribution < -0.4 is 14.2 Å². The minimum Gasteiger partial charge on any atom is -0.454 e. The van der Waals surface area contributed by atoms with Gasteiger partial charge in [-0.2, -0.15) is 12.7 Å². The van der Waals surface area contributed by atoms with Gasteiger partial charge in [-0.3, -0.25) is 0 Å². The zero-order chi connectivity index (χ0) is 14.9. The lowest BCUT2D eigenvalue weighted by Crippen LogP contribution is -2.39. The monoisotopic (exact) mass is 312 g/mol. The molecule has 0 amide bonds. The van der Waals surface area contributed by atoms with Gasteiger partial charge in [0.25, 0.3) is 10.2 Å². The molecule has 6 nitrogen and oxygen atoms in total. The Balaban J connectivity index is 1.70. The molecule has 0 spiro atoms. The first-order valence-corrected chi connectivity index (χ1v) is 8.68. The number of nitrogens with zero attached hydrogens (tertiary/aromatic N) is 1. The number of benzene rings is 1. The molecule has 0 radical (unpaired) electrons. The summed E-state index contributed by atoms with van der Waals surface area (Å²) in [6.45, 7) is 3.75. The van der Waals surface area contributed by atoms with Gasteiger partial charge in [-0.05, 0) is 36.5 Å². The Kier molecular flexibility index (Phi) is 4.05. The van der Waals surface area contributed by atoms with Crippen molar-refractivity contribution in [3.63, 3.8) is 0 Å². The topological polar surface area (TPSA) is 67.9 Å². The molecule has 0 aromatic heterocycles. The van der Waals surface area contributed by atoms with Crippen LogP contribution in [0.4, 0.5) is 0 Å². The van der Waals surface area contributed by atoms with Crippen molar-refractivity contribution in [1.29, 1.82) is 0 Å². The lowest BCUT2D eigenvalue weighted by molar-refractivity contribution is 0.174. The molecule has 1 aromatic carbocycles. The van der Waals surface area contributed by atoms with E-state index in [2.05, 4.69) is 4.72 Å². The van der Waals surface area contributed by atoms with E-state index < -0.39 is 10.2 Å². The van der Waals surface area contributed by atoms with Crippen LogP contribution in [-0.4, -0.2) is 39.2 Å². The number of nitrogens with one attached hydrogen (secondary N) is 1. The molecule has 2 heterocycles. The summed E-state index contributed by atoms with van der Waals surface area (Å²) in [6.07, 6.45) is 1.62. The van der Waals surface area contributed by atoms with E-state index in [-0.39, 0.29) is 12.7 Å². The molecule has 116 valence electrons. The molecule has 1 aromatic rings. The largest absolute Gasteiger partial charge is 0.454 e. The molecule has 1 saturated heterocycles. The molecular weight excluding hydrogens is 292 g/mol. The molecule has 0 bridgehead atoms. The van der Waals surface area contributed by atoms with Crippen molar-refractivity contribution in [2.45, 2.75) is 25.7 Å². The summed E-state index contributed by atoms with van der Waals surface area (Å²) in [5.41, 5.74) is 1.10. The van der Waals surface area contributed by atoms with Crippen molar-refractivity contribution < 1.29 is 17.9 Å². The Hall–Kier alpha value is -1.31. The highest BCUT2D eigenvalue weighted by molar-refractivity contribution is 7.87. The van der Waals surface area contributed by atoms with Gasteiger partial charge < -0.3 is 9.47 Å². The van der Waals surface area contributed by atoms with Crippen molar-refractivity contribution in [1.82, 2.24) is 9.03 Å². The Morgan fingerprint density at radius 3 is 2.95 bits per heavy atom. The number of hydrogen-bond donors (Lipinski definition) is 1. The third-order valence-corrected chi connectivity index (χ3v) is 5.47. The van der Waals surface area contributed by atoms with Crippen LogP contribution in [0.2, 0.25) is 0 Å². The summed E-state index contributed by atoms with van der Waals surface area (Å²) in [5, 5.41) is 0. The lowest BCUT2D eigenvalue weighted by Gasteiger charge is -2.17. The summed E-state index contributed by atoms with van der Waals surface area (Å²) >= 11 is 0. The fraction of sp³-hybridized carbons (Fsp3) is 0.571. The summed E-state index contributed by atoms with van der Waals surface area (Å²) in [7, 11) is -3.35. The average Bonchev–Trinajstić information content (AvgIpc) is 3.13. The van der Waals surface area contributed by atoms with Crippen molar-refractivity contribution >= 4 is 10.2 Å². The fourth-order valence-electron chi connectivity index (χ4n) is 2.71. The molecule has 0 saturated carbocycles. The predicted octanol–water partition coefficient (Wildman–Crippen LogP) is 1.45. The van der Waals surface area contributed by atoms with Gasteiger partial charge >= 0.3 is 0 Å². The van der Waals surface area contributed by atoms with Gasteiger partial charge in [-0.15, -0.1) is 0 Å². The second-order valence-electron chi connectivity index (χ2n) is 5.36. The number of ether oxygens (including phenoxy) is 2. The SMILES string of the molecule is CCCNS(=O)(=O)N1CCC(c2ccc3c(c2)OCO3)C1. The second kappa shape index (κ2) is 5.82. The van der Waals surface area contributed by atoms with Crippen LogP contribution in [0.3, 0.4) is 0 Å². The highest BCUT2D eigenvalue weighted by Gasteiger charge is 2.32. The molecule has 1 fully saturated rings. The van der Waals surface area contributed by atoms with Crippen LogP contribution in [0.5, 0.6) is 11.5 Å². The van der Waals surface area contributed by atoms with E-state index in [1.165, 1.54) is 4.31 Å². The summed E-state index contributed by atoms with van der Waals surface area (Å²) in [4.78, 5) is 0. The Morgan fingerprint density at radius 2 is 2.14 bits per heavy atom. The highest BCUT2D eigenvalue weighted by Crippen LogP contribution is 2.37. The van der Waals surface area contributed by atoms with E-state index >= 15 is 0 Å². The Morgan fingerprint density at radius 1 is 1.33 bits per heavy atom. The van der Waals surface area contributed by atoms with E-state index in [1.807, 2.05) is 25.1 Å². The maximum atomic E-state index is 12.1. The van der Waals surface area contributed by atoms with Crippen LogP contribution in [0.15, 0.2) is 18.2 Å². The maximum Gasteiger partial charge on any atom is 0.279 e. The van der Waals surface area contributed by atoms with E-state index in [9.17, 15) is 8.42 Å². The zero-order valence-electron chi connectivity index (χ0n) is 12.0. The molecule has 2 aliphatic rings. The van der Waals surface area contributed by atoms with Gasteiger partial charge in [0.05, 0.1) is 0 Å². The molecule has 2 aliphatic heterocycles. The summed E-state index contributed by atoms with van der Waals surface area (Å²) < 4.78 is 39.1. The maximum absolute atomic E-state index is 12.1. The minimum absolute atomic E-state index is 0.206. The average molecular weight is 312 g/mol. The standard InChI is InChI=1S/C14H20N2O4S/c1-2-6-15-21(17,18)16-7-5-12(9-16)11-3-4-13-14(8-11)20-10-19-13/h3-4,8,12,15H,2,5-7,9-10H2,1H3. The smallest absolute Gasteiger partial charge is 0.279 e. The molecule has 1 unspecified atom stereocenters. The molecule has 1 N–H and O–H groups in total. The molecule has 3 rings (SSSR count). The zero-order valence-corrected chi connectivity index (χ0v) is 12.9. The first-order chi connectivity index (χ1) is 10.1. The molecule has 0 aliphatic carbocycles. The van der Waals surface area contributed by atoms with Gasteiger partial charge in [0.1, 0.15) is 0 Å². The van der Waals surface area contributed by atoms with Crippen molar-refractivity contribution in [3.05, 3.63) is 23.8 Å². The summed E-state index contributed by atoms with van der Waals surface area (Å²) in [5.74, 6) is 1.71. The van der Waals surface area contributed by atoms with Crippen molar-refractivity contribution in [2.24, 2.45) is 0 Å². The third kappa shape index (κ3) is 3.00. The quantitative estimate of drug-likeness (QED) is 0.893. The van der Waals surface area contributed by atoms with Gasteiger partial charge in [0, 0.05) is 19.6 Å². The van der Waals surface area contributed by atoms with Crippen molar-refractivity contribution in [3.8, 4) is 11.5 Å². The van der Waals surface area contributed by atoms with E-state index in [1.54, 1.807) is 0 Å². The first kappa shape index (κ1) is 14.6. The van der Waals surface area contributed by atoms with Crippen LogP contribution in [0.25, 0.3) is 0 Å². The highest BCUT2D eigenvalue weighted by atomic mass is 32.2. The van der Waals surface area contributed by atoms with E-state index in [0.29, 0.717) is 19.6 Å². The Labute approximate surface area is 125 Å². The fourth-order valence-corrected chi connectivity index (χ4v) is 4.07. The first-order valence-electron chi connectivity index (χ1n) is 7.24. The van der Waals surface area contributed by atoms with Gasteiger partial charge in [-0.1, -0.05) is 13.0 Å². The predicted molar refractivity (Wildman–Crippen MR) is 78.7 cm³/mol. The van der Waals surface area contributed by atoms with Crippen LogP contribution in [-0.2, 0) is 10.2 Å².